The molecular weight excluding hydrogens is 340 g/mol. The molecular formula is C18H22N2O4S. The zero-order valence-electron chi connectivity index (χ0n) is 14.6. The van der Waals surface area contributed by atoms with Crippen LogP contribution in [0.15, 0.2) is 39.6 Å². The number of amides is 1. The monoisotopic (exact) mass is 362 g/mol. The van der Waals surface area contributed by atoms with Gasteiger partial charge in [-0.3, -0.25) is 4.79 Å². The van der Waals surface area contributed by atoms with Gasteiger partial charge in [0.15, 0.2) is 0 Å². The maximum atomic E-state index is 12.8. The molecule has 0 bridgehead atoms. The maximum absolute atomic E-state index is 12.8. The minimum Gasteiger partial charge on any atom is -0.464 e. The maximum Gasteiger partial charge on any atom is 0.254 e. The molecule has 1 aliphatic rings. The molecule has 1 amide bonds. The van der Waals surface area contributed by atoms with E-state index < -0.39 is 10.0 Å². The zero-order chi connectivity index (χ0) is 18.2. The molecule has 1 saturated carbocycles. The summed E-state index contributed by atoms with van der Waals surface area (Å²) in [7, 11) is -1.92. The fourth-order valence-electron chi connectivity index (χ4n) is 2.57. The summed E-state index contributed by atoms with van der Waals surface area (Å²) >= 11 is 0. The Morgan fingerprint density at radius 2 is 1.96 bits per heavy atom. The first-order valence-electron chi connectivity index (χ1n) is 8.20. The lowest BCUT2D eigenvalue weighted by atomic mass is 10.1. The van der Waals surface area contributed by atoms with Crippen LogP contribution in [0, 0.1) is 13.8 Å². The number of sulfonamides is 1. The van der Waals surface area contributed by atoms with Crippen LogP contribution in [0.25, 0.3) is 0 Å². The number of hydrogen-bond acceptors (Lipinski definition) is 4. The second-order valence-electron chi connectivity index (χ2n) is 6.55. The minimum absolute atomic E-state index is 0.0234. The van der Waals surface area contributed by atoms with E-state index in [1.165, 1.54) is 17.0 Å². The number of rotatable bonds is 6. The van der Waals surface area contributed by atoms with Gasteiger partial charge in [-0.2, -0.15) is 0 Å². The predicted molar refractivity (Wildman–Crippen MR) is 93.8 cm³/mol. The summed E-state index contributed by atoms with van der Waals surface area (Å²) < 4.78 is 32.9. The minimum atomic E-state index is -3.59. The zero-order valence-corrected chi connectivity index (χ0v) is 15.4. The van der Waals surface area contributed by atoms with Crippen molar-refractivity contribution in [2.45, 2.75) is 44.2 Å². The number of nitrogens with one attached hydrogen (secondary N) is 1. The molecule has 7 heteroatoms. The number of nitrogens with zero attached hydrogens (tertiary/aromatic N) is 1. The van der Waals surface area contributed by atoms with Gasteiger partial charge in [-0.05, 0) is 56.5 Å². The van der Waals surface area contributed by atoms with Gasteiger partial charge in [0, 0.05) is 18.7 Å². The molecule has 2 aromatic rings. The fraction of sp³-hybridized carbons (Fsp3) is 0.389. The van der Waals surface area contributed by atoms with Crippen LogP contribution in [0.1, 0.15) is 40.3 Å². The smallest absolute Gasteiger partial charge is 0.254 e. The first kappa shape index (κ1) is 17.7. The highest BCUT2D eigenvalue weighted by Crippen LogP contribution is 2.24. The van der Waals surface area contributed by atoms with Crippen molar-refractivity contribution >= 4 is 15.9 Å². The Labute approximate surface area is 147 Å². The van der Waals surface area contributed by atoms with Crippen LogP contribution in [-0.4, -0.2) is 32.3 Å². The molecule has 3 rings (SSSR count). The van der Waals surface area contributed by atoms with Crippen molar-refractivity contribution in [1.29, 1.82) is 0 Å². The molecule has 0 saturated heterocycles. The Kier molecular flexibility index (Phi) is 4.71. The van der Waals surface area contributed by atoms with Gasteiger partial charge in [0.1, 0.15) is 11.5 Å². The SMILES string of the molecule is Cc1ccc(CN(C)C(=O)c2cc(S(=O)(=O)NC3CC3)ccc2C)o1. The summed E-state index contributed by atoms with van der Waals surface area (Å²) in [6.07, 6.45) is 1.73. The largest absolute Gasteiger partial charge is 0.464 e. The summed E-state index contributed by atoms with van der Waals surface area (Å²) in [6.45, 7) is 3.96. The molecule has 1 fully saturated rings. The lowest BCUT2D eigenvalue weighted by Crippen LogP contribution is -2.28. The van der Waals surface area contributed by atoms with Crippen LogP contribution in [0.5, 0.6) is 0 Å². The van der Waals surface area contributed by atoms with Crippen LogP contribution in [-0.2, 0) is 16.6 Å². The molecule has 1 heterocycles. The normalized spacial score (nSPS) is 14.5. The van der Waals surface area contributed by atoms with Crippen molar-refractivity contribution in [3.8, 4) is 0 Å². The van der Waals surface area contributed by atoms with E-state index in [-0.39, 0.29) is 16.8 Å². The molecule has 1 aromatic heterocycles. The highest BCUT2D eigenvalue weighted by molar-refractivity contribution is 7.89. The predicted octanol–water partition coefficient (Wildman–Crippen LogP) is 2.61. The first-order valence-corrected chi connectivity index (χ1v) is 9.68. The molecule has 25 heavy (non-hydrogen) atoms. The van der Waals surface area contributed by atoms with Crippen LogP contribution in [0.2, 0.25) is 0 Å². The number of carbonyl (C=O) groups excluding carboxylic acids is 1. The van der Waals surface area contributed by atoms with Crippen LogP contribution in [0.4, 0.5) is 0 Å². The fourth-order valence-corrected chi connectivity index (χ4v) is 3.90. The Hall–Kier alpha value is -2.12. The molecule has 0 unspecified atom stereocenters. The van der Waals surface area contributed by atoms with E-state index in [2.05, 4.69) is 4.72 Å². The van der Waals surface area contributed by atoms with E-state index in [1.807, 2.05) is 19.1 Å². The van der Waals surface area contributed by atoms with E-state index in [9.17, 15) is 13.2 Å². The molecule has 6 nitrogen and oxygen atoms in total. The molecule has 1 aliphatic carbocycles. The second kappa shape index (κ2) is 6.65. The highest BCUT2D eigenvalue weighted by atomic mass is 32.2. The average molecular weight is 362 g/mol. The quantitative estimate of drug-likeness (QED) is 0.857. The highest BCUT2D eigenvalue weighted by Gasteiger charge is 2.28. The van der Waals surface area contributed by atoms with Crippen LogP contribution < -0.4 is 4.72 Å². The summed E-state index contributed by atoms with van der Waals surface area (Å²) in [5.41, 5.74) is 1.11. The standard InChI is InChI=1S/C18H22N2O4S/c1-12-4-9-16(25(22,23)19-14-6-7-14)10-17(12)18(21)20(3)11-15-8-5-13(2)24-15/h4-5,8-10,14,19H,6-7,11H2,1-3H3. The van der Waals surface area contributed by atoms with Gasteiger partial charge in [-0.25, -0.2) is 13.1 Å². The van der Waals surface area contributed by atoms with Gasteiger partial charge in [0.05, 0.1) is 11.4 Å². The Bertz CT molecular complexity index is 898. The van der Waals surface area contributed by atoms with Gasteiger partial charge in [-0.15, -0.1) is 0 Å². The molecule has 134 valence electrons. The Morgan fingerprint density at radius 1 is 1.24 bits per heavy atom. The molecule has 0 atom stereocenters. The van der Waals surface area contributed by atoms with E-state index in [4.69, 9.17) is 4.42 Å². The third-order valence-corrected chi connectivity index (χ3v) is 5.70. The molecule has 0 aliphatic heterocycles. The summed E-state index contributed by atoms with van der Waals surface area (Å²) in [5, 5.41) is 0. The van der Waals surface area contributed by atoms with Crippen LogP contribution >= 0.6 is 0 Å². The number of carbonyl (C=O) groups is 1. The van der Waals surface area contributed by atoms with Crippen molar-refractivity contribution in [2.75, 3.05) is 7.05 Å². The lowest BCUT2D eigenvalue weighted by molar-refractivity contribution is 0.0774. The Balaban J connectivity index is 1.82. The first-order chi connectivity index (χ1) is 11.8. The molecule has 0 radical (unpaired) electrons. The Morgan fingerprint density at radius 3 is 2.56 bits per heavy atom. The molecule has 1 aromatic carbocycles. The molecule has 0 spiro atoms. The number of hydrogen-bond donors (Lipinski definition) is 1. The summed E-state index contributed by atoms with van der Waals surface area (Å²) in [4.78, 5) is 14.4. The summed E-state index contributed by atoms with van der Waals surface area (Å²) in [5.74, 6) is 1.23. The number of benzene rings is 1. The third-order valence-electron chi connectivity index (χ3n) is 4.18. The van der Waals surface area contributed by atoms with Crippen molar-refractivity contribution in [2.24, 2.45) is 0 Å². The number of furan rings is 1. The van der Waals surface area contributed by atoms with Crippen molar-refractivity contribution in [3.05, 3.63) is 53.0 Å². The molecule has 1 N–H and O–H groups in total. The summed E-state index contributed by atoms with van der Waals surface area (Å²) in [6, 6.07) is 8.34. The topological polar surface area (TPSA) is 79.6 Å². The van der Waals surface area contributed by atoms with Crippen molar-refractivity contribution in [1.82, 2.24) is 9.62 Å². The number of aryl methyl sites for hydroxylation is 2. The van der Waals surface area contributed by atoms with E-state index in [0.29, 0.717) is 17.9 Å². The van der Waals surface area contributed by atoms with Crippen molar-refractivity contribution < 1.29 is 17.6 Å². The van der Waals surface area contributed by atoms with Crippen molar-refractivity contribution in [3.63, 3.8) is 0 Å². The lowest BCUT2D eigenvalue weighted by Gasteiger charge is -2.18. The van der Waals surface area contributed by atoms with Crippen LogP contribution in [0.3, 0.4) is 0 Å². The van der Waals surface area contributed by atoms with Gasteiger partial charge in [-0.1, -0.05) is 6.07 Å². The van der Waals surface area contributed by atoms with Gasteiger partial charge >= 0.3 is 0 Å². The third kappa shape index (κ3) is 4.11. The van der Waals surface area contributed by atoms with Gasteiger partial charge in [0.25, 0.3) is 5.91 Å². The average Bonchev–Trinajstić information content (AvgIpc) is 3.26. The van der Waals surface area contributed by atoms with E-state index >= 15 is 0 Å². The van der Waals surface area contributed by atoms with E-state index in [1.54, 1.807) is 20.0 Å². The second-order valence-corrected chi connectivity index (χ2v) is 8.26. The van der Waals surface area contributed by atoms with E-state index in [0.717, 1.165) is 24.2 Å². The van der Waals surface area contributed by atoms with Gasteiger partial charge < -0.3 is 9.32 Å². The van der Waals surface area contributed by atoms with Gasteiger partial charge in [0.2, 0.25) is 10.0 Å².